The first kappa shape index (κ1) is 9.00. The molecule has 4 heteroatoms. The second-order valence-corrected chi connectivity index (χ2v) is 3.34. The van der Waals surface area contributed by atoms with Crippen LogP contribution in [0.5, 0.6) is 0 Å². The van der Waals surface area contributed by atoms with Gasteiger partial charge in [0.25, 0.3) is 0 Å². The summed E-state index contributed by atoms with van der Waals surface area (Å²) in [7, 11) is 0. The maximum Gasteiger partial charge on any atom is 0.323 e. The van der Waals surface area contributed by atoms with Gasteiger partial charge in [-0.2, -0.15) is 0 Å². The number of urea groups is 1. The lowest BCUT2D eigenvalue weighted by Gasteiger charge is -2.19. The molecule has 0 heterocycles. The Morgan fingerprint density at radius 3 is 2.00 bits per heavy atom. The zero-order valence-corrected chi connectivity index (χ0v) is 7.94. The molecule has 54 valence electrons. The Morgan fingerprint density at radius 2 is 1.89 bits per heavy atom. The number of hydrogen-bond acceptors (Lipinski definition) is 1. The normalized spacial score (nSPS) is 10.7. The van der Waals surface area contributed by atoms with Crippen molar-refractivity contribution in [2.45, 2.75) is 26.3 Å². The van der Waals surface area contributed by atoms with Crippen molar-refractivity contribution in [2.24, 2.45) is 0 Å². The van der Waals surface area contributed by atoms with E-state index in [2.05, 4.69) is 8.85 Å². The highest BCUT2D eigenvalue weighted by Gasteiger charge is 2.11. The minimum absolute atomic E-state index is 0.144. The Labute approximate surface area is 69.1 Å². The fourth-order valence-corrected chi connectivity index (χ4v) is 0.499. The van der Waals surface area contributed by atoms with Crippen molar-refractivity contribution in [3.63, 3.8) is 0 Å². The van der Waals surface area contributed by atoms with E-state index < -0.39 is 0 Å². The predicted octanol–water partition coefficient (Wildman–Crippen LogP) is 1.43. The fraction of sp³-hybridized carbons (Fsp3) is 0.800. The van der Waals surface area contributed by atoms with E-state index in [0.717, 1.165) is 0 Å². The van der Waals surface area contributed by atoms with Crippen LogP contribution in [0.4, 0.5) is 4.79 Å². The molecule has 0 aromatic carbocycles. The molecule has 0 unspecified atom stereocenters. The zero-order chi connectivity index (χ0) is 7.49. The molecule has 0 aromatic rings. The summed E-state index contributed by atoms with van der Waals surface area (Å²) >= 11 is 1.79. The topological polar surface area (TPSA) is 41.1 Å². The summed E-state index contributed by atoms with van der Waals surface area (Å²) in [5.41, 5.74) is -0.144. The summed E-state index contributed by atoms with van der Waals surface area (Å²) in [6, 6.07) is -0.150. The zero-order valence-electron chi connectivity index (χ0n) is 5.79. The van der Waals surface area contributed by atoms with Gasteiger partial charge in [-0.3, -0.25) is 3.53 Å². The van der Waals surface area contributed by atoms with Crippen molar-refractivity contribution in [3.8, 4) is 0 Å². The molecule has 2 N–H and O–H groups in total. The number of halogens is 1. The van der Waals surface area contributed by atoms with E-state index in [-0.39, 0.29) is 11.6 Å². The molecular formula is C5H11IN2O. The van der Waals surface area contributed by atoms with E-state index in [1.807, 2.05) is 20.8 Å². The number of hydrogen-bond donors (Lipinski definition) is 2. The monoisotopic (exact) mass is 242 g/mol. The lowest BCUT2D eigenvalue weighted by molar-refractivity contribution is 0.239. The lowest BCUT2D eigenvalue weighted by Crippen LogP contribution is -2.43. The van der Waals surface area contributed by atoms with Crippen LogP contribution < -0.4 is 8.85 Å². The highest BCUT2D eigenvalue weighted by atomic mass is 127. The van der Waals surface area contributed by atoms with Gasteiger partial charge in [0.05, 0.1) is 22.9 Å². The minimum Gasteiger partial charge on any atom is -0.333 e. The molecule has 0 saturated carbocycles. The number of nitrogens with one attached hydrogen (secondary N) is 2. The largest absolute Gasteiger partial charge is 0.333 e. The van der Waals surface area contributed by atoms with E-state index in [1.165, 1.54) is 0 Å². The van der Waals surface area contributed by atoms with Crippen molar-refractivity contribution in [1.29, 1.82) is 0 Å². The lowest BCUT2D eigenvalue weighted by atomic mass is 10.1. The molecule has 0 aliphatic carbocycles. The Balaban J connectivity index is 3.60. The van der Waals surface area contributed by atoms with Crippen molar-refractivity contribution in [1.82, 2.24) is 8.85 Å². The van der Waals surface area contributed by atoms with Crippen LogP contribution in [0.25, 0.3) is 0 Å². The van der Waals surface area contributed by atoms with Gasteiger partial charge >= 0.3 is 6.03 Å². The third-order valence-electron chi connectivity index (χ3n) is 0.574. The quantitative estimate of drug-likeness (QED) is 0.489. The van der Waals surface area contributed by atoms with E-state index in [4.69, 9.17) is 0 Å². The molecule has 0 saturated heterocycles. The van der Waals surface area contributed by atoms with Gasteiger partial charge < -0.3 is 5.32 Å². The van der Waals surface area contributed by atoms with Crippen LogP contribution in [0.15, 0.2) is 0 Å². The number of amides is 2. The Bertz CT molecular complexity index is 108. The third-order valence-corrected chi connectivity index (χ3v) is 1.06. The van der Waals surface area contributed by atoms with Crippen LogP contribution in [0.1, 0.15) is 20.8 Å². The third kappa shape index (κ3) is 5.88. The van der Waals surface area contributed by atoms with Crippen LogP contribution in [-0.2, 0) is 0 Å². The highest BCUT2D eigenvalue weighted by molar-refractivity contribution is 14.1. The van der Waals surface area contributed by atoms with E-state index >= 15 is 0 Å². The SMILES string of the molecule is CC(C)(C)NC(=O)NI. The number of carbonyl (C=O) groups excluding carboxylic acids is 1. The van der Waals surface area contributed by atoms with E-state index in [1.54, 1.807) is 22.9 Å². The summed E-state index contributed by atoms with van der Waals surface area (Å²) in [6.07, 6.45) is 0. The van der Waals surface area contributed by atoms with Crippen molar-refractivity contribution in [3.05, 3.63) is 0 Å². The van der Waals surface area contributed by atoms with Gasteiger partial charge in [0.15, 0.2) is 0 Å². The Hall–Kier alpha value is 0. The Kier molecular flexibility index (Phi) is 3.24. The van der Waals surface area contributed by atoms with Crippen LogP contribution in [0, 0.1) is 0 Å². The van der Waals surface area contributed by atoms with E-state index in [0.29, 0.717) is 0 Å². The molecule has 0 fully saturated rings. The summed E-state index contributed by atoms with van der Waals surface area (Å²) in [6.45, 7) is 5.79. The van der Waals surface area contributed by atoms with Gasteiger partial charge in [0, 0.05) is 5.54 Å². The van der Waals surface area contributed by atoms with Crippen molar-refractivity contribution in [2.75, 3.05) is 0 Å². The van der Waals surface area contributed by atoms with Crippen LogP contribution in [0.2, 0.25) is 0 Å². The fourth-order valence-electron chi connectivity index (χ4n) is 0.364. The average molecular weight is 242 g/mol. The maximum absolute atomic E-state index is 10.6. The van der Waals surface area contributed by atoms with E-state index in [9.17, 15) is 4.79 Å². The standard InChI is InChI=1S/C5H11IN2O/c1-5(2,3)7-4(9)8-6/h1-3H3,(H2,7,8,9). The molecular weight excluding hydrogens is 231 g/mol. The highest BCUT2D eigenvalue weighted by Crippen LogP contribution is 1.97. The summed E-state index contributed by atoms with van der Waals surface area (Å²) in [5, 5.41) is 2.71. The molecule has 0 aromatic heterocycles. The van der Waals surface area contributed by atoms with Crippen molar-refractivity contribution < 1.29 is 4.79 Å². The smallest absolute Gasteiger partial charge is 0.323 e. The first-order valence-corrected chi connectivity index (χ1v) is 3.72. The number of carbonyl (C=O) groups is 1. The van der Waals surface area contributed by atoms with Gasteiger partial charge in [0.1, 0.15) is 0 Å². The van der Waals surface area contributed by atoms with Gasteiger partial charge in [-0.05, 0) is 20.8 Å². The van der Waals surface area contributed by atoms with Gasteiger partial charge in [0.2, 0.25) is 0 Å². The van der Waals surface area contributed by atoms with Crippen LogP contribution in [-0.4, -0.2) is 11.6 Å². The first-order chi connectivity index (χ1) is 3.95. The molecule has 9 heavy (non-hydrogen) atoms. The first-order valence-electron chi connectivity index (χ1n) is 2.64. The number of rotatable bonds is 0. The molecule has 0 rings (SSSR count). The second kappa shape index (κ2) is 3.24. The molecule has 0 spiro atoms. The minimum atomic E-state index is -0.150. The van der Waals surface area contributed by atoms with Gasteiger partial charge in [-0.25, -0.2) is 4.79 Å². The van der Waals surface area contributed by atoms with Gasteiger partial charge in [-0.15, -0.1) is 0 Å². The summed E-state index contributed by atoms with van der Waals surface area (Å²) < 4.78 is 2.44. The van der Waals surface area contributed by atoms with Crippen LogP contribution in [0.3, 0.4) is 0 Å². The molecule has 3 nitrogen and oxygen atoms in total. The molecule has 0 bridgehead atoms. The molecule has 0 aliphatic rings. The van der Waals surface area contributed by atoms with Crippen molar-refractivity contribution >= 4 is 28.9 Å². The molecule has 0 atom stereocenters. The van der Waals surface area contributed by atoms with Crippen LogP contribution >= 0.6 is 22.9 Å². The predicted molar refractivity (Wildman–Crippen MR) is 45.4 cm³/mol. The molecule has 2 amide bonds. The maximum atomic E-state index is 10.6. The summed E-state index contributed by atoms with van der Waals surface area (Å²) in [4.78, 5) is 10.6. The average Bonchev–Trinajstić information content (AvgIpc) is 1.62. The molecule has 0 radical (unpaired) electrons. The second-order valence-electron chi connectivity index (χ2n) is 2.80. The summed E-state index contributed by atoms with van der Waals surface area (Å²) in [5.74, 6) is 0. The molecule has 0 aliphatic heterocycles. The Morgan fingerprint density at radius 1 is 1.44 bits per heavy atom. The van der Waals surface area contributed by atoms with Gasteiger partial charge in [-0.1, -0.05) is 0 Å².